The van der Waals surface area contributed by atoms with Crippen LogP contribution < -0.4 is 10.2 Å². The van der Waals surface area contributed by atoms with Crippen LogP contribution in [-0.2, 0) is 13.0 Å². The molecule has 0 spiro atoms. The highest BCUT2D eigenvalue weighted by Crippen LogP contribution is 2.27. The average molecular weight is 281 g/mol. The maximum atomic E-state index is 13.8. The molecular formula is C17H16FN3. The number of hydrogen-bond acceptors (Lipinski definition) is 3. The third-order valence-electron chi connectivity index (χ3n) is 3.85. The van der Waals surface area contributed by atoms with Crippen LogP contribution in [0.4, 0.5) is 15.8 Å². The van der Waals surface area contributed by atoms with Gasteiger partial charge in [-0.25, -0.2) is 4.39 Å². The third-order valence-corrected chi connectivity index (χ3v) is 3.85. The number of nitriles is 1. The Labute approximate surface area is 123 Å². The lowest BCUT2D eigenvalue weighted by molar-refractivity contribution is 0.629. The molecule has 0 radical (unpaired) electrons. The largest absolute Gasteiger partial charge is 0.379 e. The topological polar surface area (TPSA) is 39.1 Å². The lowest BCUT2D eigenvalue weighted by atomic mass is 10.1. The zero-order chi connectivity index (χ0) is 14.8. The van der Waals surface area contributed by atoms with Gasteiger partial charge in [-0.3, -0.25) is 0 Å². The molecule has 1 aliphatic rings. The van der Waals surface area contributed by atoms with Crippen LogP contribution in [0.1, 0.15) is 16.7 Å². The molecule has 0 bridgehead atoms. The summed E-state index contributed by atoms with van der Waals surface area (Å²) in [6.07, 6.45) is 1.06. The molecule has 1 N–H and O–H groups in total. The van der Waals surface area contributed by atoms with Gasteiger partial charge >= 0.3 is 0 Å². The van der Waals surface area contributed by atoms with Gasteiger partial charge in [0.1, 0.15) is 5.82 Å². The van der Waals surface area contributed by atoms with Gasteiger partial charge in [-0.05, 0) is 41.8 Å². The molecular weight excluding hydrogens is 265 g/mol. The molecule has 2 aromatic carbocycles. The number of hydrogen-bond donors (Lipinski definition) is 1. The number of nitrogens with one attached hydrogen (secondary N) is 1. The fourth-order valence-electron chi connectivity index (χ4n) is 2.66. The van der Waals surface area contributed by atoms with Crippen molar-refractivity contribution in [3.8, 4) is 6.07 Å². The SMILES string of the molecule is CN1CCc2cc(CNc3ccc(C#N)cc3F)ccc21. The van der Waals surface area contributed by atoms with Crippen molar-refractivity contribution in [1.82, 2.24) is 0 Å². The van der Waals surface area contributed by atoms with Crippen molar-refractivity contribution in [3.63, 3.8) is 0 Å². The van der Waals surface area contributed by atoms with Crippen molar-refractivity contribution in [2.45, 2.75) is 13.0 Å². The molecule has 0 saturated heterocycles. The van der Waals surface area contributed by atoms with Crippen LogP contribution in [0.15, 0.2) is 36.4 Å². The van der Waals surface area contributed by atoms with Gasteiger partial charge < -0.3 is 10.2 Å². The average Bonchev–Trinajstić information content (AvgIpc) is 2.87. The van der Waals surface area contributed by atoms with Gasteiger partial charge in [0, 0.05) is 25.8 Å². The van der Waals surface area contributed by atoms with Gasteiger partial charge in [-0.1, -0.05) is 12.1 Å². The maximum Gasteiger partial charge on any atom is 0.147 e. The highest BCUT2D eigenvalue weighted by Gasteiger charge is 2.15. The summed E-state index contributed by atoms with van der Waals surface area (Å²) < 4.78 is 13.8. The van der Waals surface area contributed by atoms with Crippen LogP contribution in [0.5, 0.6) is 0 Å². The van der Waals surface area contributed by atoms with Crippen molar-refractivity contribution in [3.05, 3.63) is 58.9 Å². The Balaban J connectivity index is 1.72. The molecule has 1 heterocycles. The third kappa shape index (κ3) is 2.68. The second-order valence-corrected chi connectivity index (χ2v) is 5.29. The molecule has 0 aromatic heterocycles. The minimum absolute atomic E-state index is 0.332. The molecule has 106 valence electrons. The Bertz CT molecular complexity index is 718. The first-order chi connectivity index (χ1) is 10.2. The normalized spacial score (nSPS) is 12.9. The molecule has 0 amide bonds. The second-order valence-electron chi connectivity index (χ2n) is 5.29. The van der Waals surface area contributed by atoms with E-state index in [1.165, 1.54) is 17.3 Å². The van der Waals surface area contributed by atoms with Crippen LogP contribution >= 0.6 is 0 Å². The van der Waals surface area contributed by atoms with Gasteiger partial charge in [0.05, 0.1) is 17.3 Å². The van der Waals surface area contributed by atoms with Crippen LogP contribution in [0.2, 0.25) is 0 Å². The van der Waals surface area contributed by atoms with E-state index in [0.717, 1.165) is 18.5 Å². The number of anilines is 2. The van der Waals surface area contributed by atoms with Crippen LogP contribution in [0.3, 0.4) is 0 Å². The predicted molar refractivity (Wildman–Crippen MR) is 81.9 cm³/mol. The highest BCUT2D eigenvalue weighted by atomic mass is 19.1. The summed E-state index contributed by atoms with van der Waals surface area (Å²) in [5, 5.41) is 11.8. The van der Waals surface area contributed by atoms with Crippen molar-refractivity contribution >= 4 is 11.4 Å². The molecule has 0 unspecified atom stereocenters. The number of likely N-dealkylation sites (N-methyl/N-ethyl adjacent to an activating group) is 1. The predicted octanol–water partition coefficient (Wildman–Crippen LogP) is 3.30. The Morgan fingerprint density at radius 1 is 1.29 bits per heavy atom. The van der Waals surface area contributed by atoms with Crippen molar-refractivity contribution in [2.75, 3.05) is 23.8 Å². The maximum absolute atomic E-state index is 13.8. The first kappa shape index (κ1) is 13.4. The minimum Gasteiger partial charge on any atom is -0.379 e. The lowest BCUT2D eigenvalue weighted by Crippen LogP contribution is -2.12. The molecule has 2 aromatic rings. The van der Waals surface area contributed by atoms with Gasteiger partial charge in [-0.2, -0.15) is 5.26 Å². The van der Waals surface area contributed by atoms with E-state index in [9.17, 15) is 4.39 Å². The molecule has 0 aliphatic carbocycles. The van der Waals surface area contributed by atoms with E-state index in [2.05, 4.69) is 35.5 Å². The Morgan fingerprint density at radius 3 is 2.90 bits per heavy atom. The first-order valence-electron chi connectivity index (χ1n) is 6.94. The van der Waals surface area contributed by atoms with E-state index < -0.39 is 5.82 Å². The summed E-state index contributed by atoms with van der Waals surface area (Å²) in [4.78, 5) is 2.24. The van der Waals surface area contributed by atoms with Gasteiger partial charge in [-0.15, -0.1) is 0 Å². The fourth-order valence-corrected chi connectivity index (χ4v) is 2.66. The Hall–Kier alpha value is -2.54. The van der Waals surface area contributed by atoms with Gasteiger partial charge in [0.2, 0.25) is 0 Å². The summed E-state index contributed by atoms with van der Waals surface area (Å²) in [5.41, 5.74) is 4.51. The Kier molecular flexibility index (Phi) is 3.49. The first-order valence-corrected chi connectivity index (χ1v) is 6.94. The van der Waals surface area contributed by atoms with Crippen LogP contribution in [0.25, 0.3) is 0 Å². The van der Waals surface area contributed by atoms with Crippen molar-refractivity contribution < 1.29 is 4.39 Å². The molecule has 3 nitrogen and oxygen atoms in total. The summed E-state index contributed by atoms with van der Waals surface area (Å²) in [6.45, 7) is 1.62. The van der Waals surface area contributed by atoms with E-state index in [-0.39, 0.29) is 0 Å². The summed E-state index contributed by atoms with van der Waals surface area (Å²) in [6, 6.07) is 12.8. The fraction of sp³-hybridized carbons (Fsp3) is 0.235. The molecule has 21 heavy (non-hydrogen) atoms. The van der Waals surface area contributed by atoms with Crippen LogP contribution in [0, 0.1) is 17.1 Å². The van der Waals surface area contributed by atoms with Crippen molar-refractivity contribution in [2.24, 2.45) is 0 Å². The van der Waals surface area contributed by atoms with Gasteiger partial charge in [0.15, 0.2) is 0 Å². The summed E-state index contributed by atoms with van der Waals surface area (Å²) in [5.74, 6) is -0.394. The number of benzene rings is 2. The smallest absolute Gasteiger partial charge is 0.147 e. The second kappa shape index (κ2) is 5.45. The van der Waals surface area contributed by atoms with E-state index in [0.29, 0.717) is 17.8 Å². The van der Waals surface area contributed by atoms with E-state index in [1.807, 2.05) is 6.07 Å². The number of fused-ring (bicyclic) bond motifs is 1. The van der Waals surface area contributed by atoms with E-state index in [4.69, 9.17) is 5.26 Å². The summed E-state index contributed by atoms with van der Waals surface area (Å²) >= 11 is 0. The molecule has 4 heteroatoms. The van der Waals surface area contributed by atoms with Crippen LogP contribution in [-0.4, -0.2) is 13.6 Å². The van der Waals surface area contributed by atoms with Gasteiger partial charge in [0.25, 0.3) is 0 Å². The quantitative estimate of drug-likeness (QED) is 0.938. The van der Waals surface area contributed by atoms with E-state index in [1.54, 1.807) is 12.1 Å². The number of rotatable bonds is 3. The number of nitrogens with zero attached hydrogens (tertiary/aromatic N) is 2. The molecule has 0 saturated carbocycles. The highest BCUT2D eigenvalue weighted by molar-refractivity contribution is 5.59. The summed E-state index contributed by atoms with van der Waals surface area (Å²) in [7, 11) is 2.09. The molecule has 0 atom stereocenters. The van der Waals surface area contributed by atoms with Crippen molar-refractivity contribution in [1.29, 1.82) is 5.26 Å². The molecule has 3 rings (SSSR count). The lowest BCUT2D eigenvalue weighted by Gasteiger charge is -2.13. The number of halogens is 1. The zero-order valence-corrected chi connectivity index (χ0v) is 11.9. The minimum atomic E-state index is -0.394. The molecule has 1 aliphatic heterocycles. The van der Waals surface area contributed by atoms with E-state index >= 15 is 0 Å². The zero-order valence-electron chi connectivity index (χ0n) is 11.9. The standard InChI is InChI=1S/C17H16FN3/c1-21-7-6-14-8-13(3-5-17(14)21)11-20-16-4-2-12(10-19)9-15(16)18/h2-5,8-9,20H,6-7,11H2,1H3. The molecule has 0 fully saturated rings. The monoisotopic (exact) mass is 281 g/mol. The Morgan fingerprint density at radius 2 is 2.14 bits per heavy atom.